The van der Waals surface area contributed by atoms with E-state index in [4.69, 9.17) is 0 Å². The van der Waals surface area contributed by atoms with Gasteiger partial charge in [-0.1, -0.05) is 46.8 Å². The minimum atomic E-state index is -0.159. The molecule has 0 heterocycles. The first kappa shape index (κ1) is 24.8. The van der Waals surface area contributed by atoms with E-state index in [-0.39, 0.29) is 23.3 Å². The summed E-state index contributed by atoms with van der Waals surface area (Å²) in [6, 6.07) is 0. The smallest absolute Gasteiger partial charge is 0.223 e. The first-order valence-electron chi connectivity index (χ1n) is 14.4. The molecule has 3 nitrogen and oxygen atoms in total. The fraction of sp³-hybridized carbons (Fsp3) is 0.903. The highest BCUT2D eigenvalue weighted by molar-refractivity contribution is 5.79. The van der Waals surface area contributed by atoms with Gasteiger partial charge in [0.15, 0.2) is 0 Å². The molecule has 0 bridgehead atoms. The standard InChI is InChI=1S/C31H51NO2/c1-18(2)20-17-21(27(34)32-8)19-11-15-30(6)22(26(19)20)9-10-24-29(5)14-13-25(33)28(3,4)23(29)12-16-31(24,30)7/h19-26,33H,1,9-17H2,2-8H3,(H,32,34)/t19?,20-,21+,22+,23-,24+,25-,26+,29-,30+,31+/m0/s1. The van der Waals surface area contributed by atoms with Gasteiger partial charge in [-0.2, -0.15) is 0 Å². The Morgan fingerprint density at radius 1 is 0.882 bits per heavy atom. The molecule has 3 heteroatoms. The lowest BCUT2D eigenvalue weighted by atomic mass is 9.33. The molecule has 5 aliphatic carbocycles. The summed E-state index contributed by atoms with van der Waals surface area (Å²) in [6.45, 7) is 19.3. The van der Waals surface area contributed by atoms with E-state index in [1.807, 2.05) is 7.05 Å². The van der Waals surface area contributed by atoms with Crippen molar-refractivity contribution >= 4 is 5.91 Å². The van der Waals surface area contributed by atoms with Gasteiger partial charge < -0.3 is 10.4 Å². The average molecular weight is 470 g/mol. The van der Waals surface area contributed by atoms with Crippen LogP contribution >= 0.6 is 0 Å². The lowest BCUT2D eigenvalue weighted by molar-refractivity contribution is -0.241. The number of rotatable bonds is 2. The molecular weight excluding hydrogens is 418 g/mol. The molecule has 1 unspecified atom stereocenters. The number of carbonyl (C=O) groups excluding carboxylic acids is 1. The molecule has 0 aliphatic heterocycles. The first-order chi connectivity index (χ1) is 15.8. The maximum Gasteiger partial charge on any atom is 0.223 e. The Balaban J connectivity index is 1.52. The highest BCUT2D eigenvalue weighted by atomic mass is 16.3. The molecule has 0 aromatic carbocycles. The number of amides is 1. The van der Waals surface area contributed by atoms with Crippen molar-refractivity contribution in [2.75, 3.05) is 7.05 Å². The van der Waals surface area contributed by atoms with Crippen LogP contribution in [0.4, 0.5) is 0 Å². The van der Waals surface area contributed by atoms with Gasteiger partial charge in [0.05, 0.1) is 6.10 Å². The predicted molar refractivity (Wildman–Crippen MR) is 139 cm³/mol. The summed E-state index contributed by atoms with van der Waals surface area (Å²) in [7, 11) is 1.81. The van der Waals surface area contributed by atoms with Crippen LogP contribution in [0.25, 0.3) is 0 Å². The minimum absolute atomic E-state index is 0.0149. The van der Waals surface area contributed by atoms with Gasteiger partial charge in [0.2, 0.25) is 5.91 Å². The lowest BCUT2D eigenvalue weighted by Gasteiger charge is -2.72. The number of carbonyl (C=O) groups is 1. The predicted octanol–water partition coefficient (Wildman–Crippen LogP) is 6.61. The van der Waals surface area contributed by atoms with Crippen LogP contribution in [0.2, 0.25) is 0 Å². The molecule has 5 rings (SSSR count). The van der Waals surface area contributed by atoms with Gasteiger partial charge in [0, 0.05) is 13.0 Å². The number of hydrogen-bond acceptors (Lipinski definition) is 2. The summed E-state index contributed by atoms with van der Waals surface area (Å²) in [5, 5.41) is 13.9. The van der Waals surface area contributed by atoms with Crippen molar-refractivity contribution in [3.63, 3.8) is 0 Å². The molecule has 5 aliphatic rings. The van der Waals surface area contributed by atoms with Gasteiger partial charge in [0.25, 0.3) is 0 Å². The Hall–Kier alpha value is -0.830. The third-order valence-corrected chi connectivity index (χ3v) is 13.6. The number of hydrogen-bond donors (Lipinski definition) is 2. The highest BCUT2D eigenvalue weighted by Crippen LogP contribution is 2.76. The number of aliphatic hydroxyl groups is 1. The van der Waals surface area contributed by atoms with Crippen LogP contribution in [0.15, 0.2) is 12.2 Å². The van der Waals surface area contributed by atoms with E-state index in [2.05, 4.69) is 53.4 Å². The zero-order valence-electron chi connectivity index (χ0n) is 23.0. The minimum Gasteiger partial charge on any atom is -0.393 e. The number of fused-ring (bicyclic) bond motifs is 7. The zero-order chi connectivity index (χ0) is 24.8. The molecule has 5 saturated carbocycles. The van der Waals surface area contributed by atoms with Crippen LogP contribution in [-0.4, -0.2) is 24.2 Å². The molecule has 0 radical (unpaired) electrons. The lowest BCUT2D eigenvalue weighted by Crippen LogP contribution is -2.66. The second kappa shape index (κ2) is 7.83. The van der Waals surface area contributed by atoms with E-state index in [1.54, 1.807) is 0 Å². The molecule has 0 aromatic heterocycles. The summed E-state index contributed by atoms with van der Waals surface area (Å²) < 4.78 is 0. The molecule has 192 valence electrons. The van der Waals surface area contributed by atoms with Crippen molar-refractivity contribution in [3.8, 4) is 0 Å². The van der Waals surface area contributed by atoms with Gasteiger partial charge in [-0.15, -0.1) is 0 Å². The summed E-state index contributed by atoms with van der Waals surface area (Å²) in [6.07, 6.45) is 10.7. The maximum absolute atomic E-state index is 12.9. The molecule has 1 amide bonds. The Morgan fingerprint density at radius 3 is 2.21 bits per heavy atom. The van der Waals surface area contributed by atoms with Gasteiger partial charge >= 0.3 is 0 Å². The molecular formula is C31H51NO2. The van der Waals surface area contributed by atoms with Gasteiger partial charge in [-0.3, -0.25) is 4.79 Å². The number of allylic oxidation sites excluding steroid dienone is 1. The SMILES string of the molecule is C=C(C)[C@@H]1C[C@@H](C(=O)NC)C2CC[C@]3(C)[C@H](CC[C@@H]4[C@@]5(C)CC[C@H](O)C(C)(C)[C@@H]5CC[C@]43C)[C@H]21. The monoisotopic (exact) mass is 469 g/mol. The third kappa shape index (κ3) is 3.00. The largest absolute Gasteiger partial charge is 0.393 e. The Bertz CT molecular complexity index is 863. The summed E-state index contributed by atoms with van der Waals surface area (Å²) in [4.78, 5) is 12.9. The Morgan fingerprint density at radius 2 is 1.56 bits per heavy atom. The Labute approximate surface area is 208 Å². The van der Waals surface area contributed by atoms with E-state index < -0.39 is 0 Å². The van der Waals surface area contributed by atoms with E-state index >= 15 is 0 Å². The van der Waals surface area contributed by atoms with Crippen molar-refractivity contribution in [2.45, 2.75) is 105 Å². The van der Waals surface area contributed by atoms with Crippen molar-refractivity contribution in [1.82, 2.24) is 5.32 Å². The molecule has 11 atom stereocenters. The van der Waals surface area contributed by atoms with Crippen molar-refractivity contribution in [1.29, 1.82) is 0 Å². The molecule has 0 spiro atoms. The van der Waals surface area contributed by atoms with Crippen molar-refractivity contribution < 1.29 is 9.90 Å². The maximum atomic E-state index is 12.9. The fourth-order valence-corrected chi connectivity index (χ4v) is 11.7. The van der Waals surface area contributed by atoms with Crippen LogP contribution in [0.5, 0.6) is 0 Å². The zero-order valence-corrected chi connectivity index (χ0v) is 23.0. The summed E-state index contributed by atoms with van der Waals surface area (Å²) in [5.41, 5.74) is 2.32. The molecule has 5 fully saturated rings. The van der Waals surface area contributed by atoms with Crippen molar-refractivity contribution in [3.05, 3.63) is 12.2 Å². The van der Waals surface area contributed by atoms with E-state index in [9.17, 15) is 9.90 Å². The molecule has 0 aromatic rings. The summed E-state index contributed by atoms with van der Waals surface area (Å²) in [5.74, 6) is 4.12. The average Bonchev–Trinajstić information content (AvgIpc) is 3.16. The normalized spacial score (nSPS) is 53.6. The second-order valence-electron chi connectivity index (χ2n) is 14.7. The Kier molecular flexibility index (Phi) is 5.72. The van der Waals surface area contributed by atoms with Gasteiger partial charge in [-0.05, 0) is 122 Å². The van der Waals surface area contributed by atoms with E-state index in [0.29, 0.717) is 45.8 Å². The third-order valence-electron chi connectivity index (χ3n) is 13.6. The van der Waals surface area contributed by atoms with E-state index in [1.165, 1.54) is 50.5 Å². The molecule has 34 heavy (non-hydrogen) atoms. The van der Waals surface area contributed by atoms with Gasteiger partial charge in [-0.25, -0.2) is 0 Å². The number of aliphatic hydroxyl groups excluding tert-OH is 1. The highest BCUT2D eigenvalue weighted by Gasteiger charge is 2.69. The fourth-order valence-electron chi connectivity index (χ4n) is 11.7. The van der Waals surface area contributed by atoms with Crippen LogP contribution in [0, 0.1) is 63.1 Å². The van der Waals surface area contributed by atoms with Crippen LogP contribution in [-0.2, 0) is 4.79 Å². The van der Waals surface area contributed by atoms with Crippen LogP contribution in [0.1, 0.15) is 99.3 Å². The summed E-state index contributed by atoms with van der Waals surface area (Å²) >= 11 is 0. The quantitative estimate of drug-likeness (QED) is 0.447. The topological polar surface area (TPSA) is 49.3 Å². The van der Waals surface area contributed by atoms with Crippen LogP contribution in [0.3, 0.4) is 0 Å². The number of nitrogens with one attached hydrogen (secondary N) is 1. The van der Waals surface area contributed by atoms with Crippen molar-refractivity contribution in [2.24, 2.45) is 63.1 Å². The molecule has 0 saturated heterocycles. The van der Waals surface area contributed by atoms with Gasteiger partial charge in [0.1, 0.15) is 0 Å². The first-order valence-corrected chi connectivity index (χ1v) is 14.4. The van der Waals surface area contributed by atoms with Crippen LogP contribution < -0.4 is 5.32 Å². The second-order valence-corrected chi connectivity index (χ2v) is 14.7. The molecule has 2 N–H and O–H groups in total. The van der Waals surface area contributed by atoms with E-state index in [0.717, 1.165) is 18.8 Å².